The minimum absolute atomic E-state index is 0. The number of halogens is 1. The number of carbonyl (C=O) groups excluding carboxylic acids is 1. The van der Waals surface area contributed by atoms with Gasteiger partial charge in [0, 0.05) is 11.5 Å². The van der Waals surface area contributed by atoms with Gasteiger partial charge in [-0.3, -0.25) is 4.79 Å². The summed E-state index contributed by atoms with van der Waals surface area (Å²) in [6, 6.07) is 17.6. The highest BCUT2D eigenvalue weighted by Crippen LogP contribution is 2.34. The van der Waals surface area contributed by atoms with Crippen LogP contribution in [0, 0.1) is 11.8 Å². The first-order valence-corrected chi connectivity index (χ1v) is 8.93. The molecular formula is C21H27ClN2O2. The summed E-state index contributed by atoms with van der Waals surface area (Å²) in [6.45, 7) is 0.572. The van der Waals surface area contributed by atoms with E-state index in [1.54, 1.807) is 7.11 Å². The van der Waals surface area contributed by atoms with Crippen LogP contribution in [0.3, 0.4) is 0 Å². The lowest BCUT2D eigenvalue weighted by Crippen LogP contribution is -2.37. The highest BCUT2D eigenvalue weighted by atomic mass is 35.5. The van der Waals surface area contributed by atoms with Crippen LogP contribution in [0.2, 0.25) is 0 Å². The zero-order chi connectivity index (χ0) is 17.6. The van der Waals surface area contributed by atoms with E-state index in [4.69, 9.17) is 10.5 Å². The smallest absolute Gasteiger partial charge is 0.224 e. The molecule has 0 saturated heterocycles. The number of hydrogen-bond donors (Lipinski definition) is 2. The van der Waals surface area contributed by atoms with E-state index in [2.05, 4.69) is 5.32 Å². The van der Waals surface area contributed by atoms with Gasteiger partial charge in [-0.1, -0.05) is 55.0 Å². The average molecular weight is 375 g/mol. The Hall–Kier alpha value is -2.04. The summed E-state index contributed by atoms with van der Waals surface area (Å²) in [7, 11) is 1.66. The van der Waals surface area contributed by atoms with Crippen LogP contribution >= 0.6 is 12.4 Å². The SMILES string of the molecule is COc1ccccc1C(NC(=O)[C@@H]1CCC[C@@H]1CN)c1ccccc1.Cl. The number of carbonyl (C=O) groups is 1. The molecule has 26 heavy (non-hydrogen) atoms. The molecule has 0 spiro atoms. The van der Waals surface area contributed by atoms with Gasteiger partial charge in [0.2, 0.25) is 5.91 Å². The molecule has 1 amide bonds. The molecule has 2 aromatic rings. The number of methoxy groups -OCH3 is 1. The highest BCUT2D eigenvalue weighted by molar-refractivity contribution is 5.85. The van der Waals surface area contributed by atoms with Crippen LogP contribution in [0.4, 0.5) is 0 Å². The van der Waals surface area contributed by atoms with Crippen molar-refractivity contribution in [2.24, 2.45) is 17.6 Å². The Bertz CT molecular complexity index is 708. The Kier molecular flexibility index (Phi) is 7.49. The molecule has 0 aliphatic heterocycles. The second-order valence-corrected chi connectivity index (χ2v) is 6.63. The fourth-order valence-electron chi connectivity index (χ4n) is 3.80. The molecule has 140 valence electrons. The number of nitrogens with two attached hydrogens (primary N) is 1. The monoisotopic (exact) mass is 374 g/mol. The normalized spacial score (nSPS) is 20.1. The maximum absolute atomic E-state index is 13.0. The Morgan fingerprint density at radius 3 is 2.54 bits per heavy atom. The van der Waals surface area contributed by atoms with Crippen molar-refractivity contribution in [2.75, 3.05) is 13.7 Å². The van der Waals surface area contributed by atoms with E-state index in [1.165, 1.54) is 0 Å². The molecule has 0 aromatic heterocycles. The van der Waals surface area contributed by atoms with Crippen LogP contribution in [-0.2, 0) is 4.79 Å². The molecule has 0 bridgehead atoms. The first kappa shape index (κ1) is 20.3. The number of hydrogen-bond acceptors (Lipinski definition) is 3. The molecule has 1 saturated carbocycles. The van der Waals surface area contributed by atoms with Gasteiger partial charge in [-0.05, 0) is 36.9 Å². The molecule has 0 radical (unpaired) electrons. The molecule has 1 unspecified atom stereocenters. The molecule has 1 fully saturated rings. The van der Waals surface area contributed by atoms with Gasteiger partial charge in [0.1, 0.15) is 5.75 Å². The average Bonchev–Trinajstić information content (AvgIpc) is 3.15. The molecule has 5 heteroatoms. The Labute approximate surface area is 161 Å². The van der Waals surface area contributed by atoms with Gasteiger partial charge in [0.05, 0.1) is 13.2 Å². The topological polar surface area (TPSA) is 64.3 Å². The molecule has 0 heterocycles. The van der Waals surface area contributed by atoms with Crippen LogP contribution in [0.15, 0.2) is 54.6 Å². The third-order valence-corrected chi connectivity index (χ3v) is 5.17. The van der Waals surface area contributed by atoms with Crippen molar-refractivity contribution < 1.29 is 9.53 Å². The quantitative estimate of drug-likeness (QED) is 0.810. The molecule has 4 nitrogen and oxygen atoms in total. The molecule has 1 aliphatic rings. The summed E-state index contributed by atoms with van der Waals surface area (Å²) >= 11 is 0. The van der Waals surface area contributed by atoms with Crippen LogP contribution in [0.5, 0.6) is 5.75 Å². The summed E-state index contributed by atoms with van der Waals surface area (Å²) in [6.07, 6.45) is 3.03. The zero-order valence-corrected chi connectivity index (χ0v) is 15.9. The summed E-state index contributed by atoms with van der Waals surface area (Å²) in [5.74, 6) is 1.16. The Morgan fingerprint density at radius 2 is 1.85 bits per heavy atom. The van der Waals surface area contributed by atoms with Crippen LogP contribution < -0.4 is 15.8 Å². The number of rotatable bonds is 6. The van der Waals surface area contributed by atoms with E-state index in [0.717, 1.165) is 36.1 Å². The van der Waals surface area contributed by atoms with E-state index in [1.807, 2.05) is 54.6 Å². The van der Waals surface area contributed by atoms with Crippen molar-refractivity contribution >= 4 is 18.3 Å². The lowest BCUT2D eigenvalue weighted by atomic mass is 9.93. The van der Waals surface area contributed by atoms with Gasteiger partial charge in [0.25, 0.3) is 0 Å². The third-order valence-electron chi connectivity index (χ3n) is 5.17. The number of amides is 1. The van der Waals surface area contributed by atoms with Gasteiger partial charge < -0.3 is 15.8 Å². The van der Waals surface area contributed by atoms with Crippen LogP contribution in [0.1, 0.15) is 36.4 Å². The van der Waals surface area contributed by atoms with Gasteiger partial charge in [-0.15, -0.1) is 12.4 Å². The number of ether oxygens (including phenoxy) is 1. The second-order valence-electron chi connectivity index (χ2n) is 6.63. The van der Waals surface area contributed by atoms with Crippen LogP contribution in [0.25, 0.3) is 0 Å². The molecule has 2 aromatic carbocycles. The van der Waals surface area contributed by atoms with Gasteiger partial charge >= 0.3 is 0 Å². The first-order valence-electron chi connectivity index (χ1n) is 8.93. The molecule has 1 aliphatic carbocycles. The van der Waals surface area contributed by atoms with Crippen molar-refractivity contribution in [1.29, 1.82) is 0 Å². The summed E-state index contributed by atoms with van der Waals surface area (Å²) in [5, 5.41) is 3.26. The highest BCUT2D eigenvalue weighted by Gasteiger charge is 2.33. The fourth-order valence-corrected chi connectivity index (χ4v) is 3.80. The Morgan fingerprint density at radius 1 is 1.15 bits per heavy atom. The van der Waals surface area contributed by atoms with E-state index in [0.29, 0.717) is 6.54 Å². The minimum Gasteiger partial charge on any atom is -0.496 e. The maximum atomic E-state index is 13.0. The maximum Gasteiger partial charge on any atom is 0.224 e. The van der Waals surface area contributed by atoms with Crippen molar-refractivity contribution in [3.05, 3.63) is 65.7 Å². The fraction of sp³-hybridized carbons (Fsp3) is 0.381. The lowest BCUT2D eigenvalue weighted by Gasteiger charge is -2.25. The van der Waals surface area contributed by atoms with E-state index in [9.17, 15) is 4.79 Å². The summed E-state index contributed by atoms with van der Waals surface area (Å²) < 4.78 is 5.53. The largest absolute Gasteiger partial charge is 0.496 e. The Balaban J connectivity index is 0.00000243. The van der Waals surface area contributed by atoms with Crippen molar-refractivity contribution in [2.45, 2.75) is 25.3 Å². The summed E-state index contributed by atoms with van der Waals surface area (Å²) in [5.41, 5.74) is 7.87. The van der Waals surface area contributed by atoms with Gasteiger partial charge in [-0.2, -0.15) is 0 Å². The zero-order valence-electron chi connectivity index (χ0n) is 15.1. The summed E-state index contributed by atoms with van der Waals surface area (Å²) in [4.78, 5) is 13.0. The molecule has 3 N–H and O–H groups in total. The number of para-hydroxylation sites is 1. The predicted octanol–water partition coefficient (Wildman–Crippen LogP) is 3.70. The number of benzene rings is 2. The van der Waals surface area contributed by atoms with E-state index < -0.39 is 0 Å². The van der Waals surface area contributed by atoms with Gasteiger partial charge in [-0.25, -0.2) is 0 Å². The molecule has 3 atom stereocenters. The first-order chi connectivity index (χ1) is 12.2. The standard InChI is InChI=1S/C21H26N2O2.ClH/c1-25-19-13-6-5-11-18(19)20(15-8-3-2-4-9-15)23-21(24)17-12-7-10-16(17)14-22;/h2-6,8-9,11,13,16-17,20H,7,10,12,14,22H2,1H3,(H,23,24);1H/t16-,17-,20?;/m1./s1. The van der Waals surface area contributed by atoms with E-state index in [-0.39, 0.29) is 36.2 Å². The molecule has 3 rings (SSSR count). The van der Waals surface area contributed by atoms with Gasteiger partial charge in [0.15, 0.2) is 0 Å². The van der Waals surface area contributed by atoms with E-state index >= 15 is 0 Å². The lowest BCUT2D eigenvalue weighted by molar-refractivity contribution is -0.126. The van der Waals surface area contributed by atoms with Crippen molar-refractivity contribution in [3.63, 3.8) is 0 Å². The second kappa shape index (κ2) is 9.60. The minimum atomic E-state index is -0.233. The third kappa shape index (κ3) is 4.37. The molecular weight excluding hydrogens is 348 g/mol. The predicted molar refractivity (Wildman–Crippen MR) is 107 cm³/mol. The number of nitrogens with one attached hydrogen (secondary N) is 1. The van der Waals surface area contributed by atoms with Crippen LogP contribution in [-0.4, -0.2) is 19.6 Å². The van der Waals surface area contributed by atoms with Crippen molar-refractivity contribution in [1.82, 2.24) is 5.32 Å². The van der Waals surface area contributed by atoms with Crippen molar-refractivity contribution in [3.8, 4) is 5.75 Å².